The number of hydrogen-bond donors (Lipinski definition) is 1. The number of benzene rings is 1. The number of carboxylic acids is 1. The van der Waals surface area contributed by atoms with Gasteiger partial charge in [-0.2, -0.15) is 0 Å². The predicted octanol–water partition coefficient (Wildman–Crippen LogP) is 4.85. The van der Waals surface area contributed by atoms with Crippen LogP contribution in [0.25, 0.3) is 22.4 Å². The van der Waals surface area contributed by atoms with Gasteiger partial charge in [0.15, 0.2) is 5.58 Å². The van der Waals surface area contributed by atoms with Crippen LogP contribution in [0.1, 0.15) is 42.3 Å². The third kappa shape index (κ3) is 2.82. The summed E-state index contributed by atoms with van der Waals surface area (Å²) in [5, 5.41) is 9.13. The van der Waals surface area contributed by atoms with E-state index in [1.807, 2.05) is 13.0 Å². The molecule has 2 heterocycles. The van der Waals surface area contributed by atoms with Crippen molar-refractivity contribution in [2.45, 2.75) is 26.2 Å². The molecule has 2 aromatic heterocycles. The van der Waals surface area contributed by atoms with E-state index in [9.17, 15) is 9.18 Å². The largest absolute Gasteiger partial charge is 0.475 e. The quantitative estimate of drug-likeness (QED) is 0.748. The molecule has 4 nitrogen and oxygen atoms in total. The average Bonchev–Trinajstić information content (AvgIpc) is 2.98. The van der Waals surface area contributed by atoms with Gasteiger partial charge in [0.1, 0.15) is 11.3 Å². The fourth-order valence-corrected chi connectivity index (χ4v) is 2.51. The van der Waals surface area contributed by atoms with Gasteiger partial charge in [-0.05, 0) is 42.7 Å². The molecule has 118 valence electrons. The monoisotopic (exact) mass is 313 g/mol. The number of carbonyl (C=O) groups is 1. The number of carboxylic acid groups (broad SMARTS) is 1. The first-order valence-electron chi connectivity index (χ1n) is 7.43. The molecule has 3 rings (SSSR count). The Labute approximate surface area is 132 Å². The van der Waals surface area contributed by atoms with E-state index in [4.69, 9.17) is 9.52 Å². The predicted molar refractivity (Wildman–Crippen MR) is 85.1 cm³/mol. The maximum atomic E-state index is 13.1. The average molecular weight is 313 g/mol. The number of aromatic carboxylic acids is 1. The third-order valence-corrected chi connectivity index (χ3v) is 4.00. The molecule has 5 heteroatoms. The summed E-state index contributed by atoms with van der Waals surface area (Å²) in [6.45, 7) is 4.10. The molecule has 0 spiro atoms. The van der Waals surface area contributed by atoms with Gasteiger partial charge in [-0.25, -0.2) is 14.2 Å². The molecule has 0 bridgehead atoms. The van der Waals surface area contributed by atoms with Gasteiger partial charge in [0.05, 0.1) is 5.69 Å². The molecule has 0 saturated carbocycles. The lowest BCUT2D eigenvalue weighted by Crippen LogP contribution is -1.95. The molecule has 0 aliphatic rings. The van der Waals surface area contributed by atoms with Crippen molar-refractivity contribution in [2.75, 3.05) is 0 Å². The highest BCUT2D eigenvalue weighted by Gasteiger charge is 2.19. The first-order chi connectivity index (χ1) is 11.0. The van der Waals surface area contributed by atoms with Crippen molar-refractivity contribution in [3.63, 3.8) is 0 Å². The van der Waals surface area contributed by atoms with Gasteiger partial charge in [0, 0.05) is 17.2 Å². The van der Waals surface area contributed by atoms with Crippen LogP contribution >= 0.6 is 0 Å². The van der Waals surface area contributed by atoms with Gasteiger partial charge in [-0.3, -0.25) is 0 Å². The summed E-state index contributed by atoms with van der Waals surface area (Å²) in [5.41, 5.74) is 3.35. The van der Waals surface area contributed by atoms with Crippen LogP contribution < -0.4 is 0 Å². The highest BCUT2D eigenvalue weighted by atomic mass is 19.1. The number of nitrogens with zero attached hydrogens (tertiary/aromatic N) is 1. The molecule has 1 atom stereocenters. The van der Waals surface area contributed by atoms with E-state index in [2.05, 4.69) is 11.9 Å². The number of furan rings is 1. The fraction of sp³-hybridized carbons (Fsp3) is 0.222. The van der Waals surface area contributed by atoms with Crippen molar-refractivity contribution in [3.8, 4) is 11.3 Å². The molecule has 3 aromatic rings. The fourth-order valence-electron chi connectivity index (χ4n) is 2.51. The van der Waals surface area contributed by atoms with E-state index in [0.717, 1.165) is 17.5 Å². The van der Waals surface area contributed by atoms with Gasteiger partial charge < -0.3 is 9.52 Å². The number of hydrogen-bond acceptors (Lipinski definition) is 3. The molecule has 0 fully saturated rings. The van der Waals surface area contributed by atoms with Crippen LogP contribution in [0.2, 0.25) is 0 Å². The van der Waals surface area contributed by atoms with E-state index < -0.39 is 5.97 Å². The van der Waals surface area contributed by atoms with Gasteiger partial charge >= 0.3 is 5.97 Å². The molecule has 23 heavy (non-hydrogen) atoms. The summed E-state index contributed by atoms with van der Waals surface area (Å²) in [4.78, 5) is 15.6. The summed E-state index contributed by atoms with van der Waals surface area (Å²) < 4.78 is 18.6. The highest BCUT2D eigenvalue weighted by Crippen LogP contribution is 2.32. The molecular weight excluding hydrogens is 297 g/mol. The van der Waals surface area contributed by atoms with Gasteiger partial charge in [0.25, 0.3) is 0 Å². The standard InChI is InChI=1S/C18H16FNO3/c1-3-10(2)13-8-14(11-4-6-12(19)7-5-11)20-15-9-16(18(21)22)23-17(13)15/h4-10H,3H2,1-2H3,(H,21,22). The Bertz CT molecular complexity index is 868. The summed E-state index contributed by atoms with van der Waals surface area (Å²) in [5.74, 6) is -1.38. The SMILES string of the molecule is CCC(C)c1cc(-c2ccc(F)cc2)nc2cc(C(=O)O)oc12. The second kappa shape index (κ2) is 5.83. The minimum atomic E-state index is -1.12. The lowest BCUT2D eigenvalue weighted by molar-refractivity contribution is 0.0665. The minimum Gasteiger partial charge on any atom is -0.475 e. The molecule has 1 aromatic carbocycles. The van der Waals surface area contributed by atoms with Crippen LogP contribution in [0.4, 0.5) is 4.39 Å². The highest BCUT2D eigenvalue weighted by molar-refractivity contribution is 5.91. The van der Waals surface area contributed by atoms with Gasteiger partial charge in [-0.15, -0.1) is 0 Å². The first-order valence-corrected chi connectivity index (χ1v) is 7.43. The number of rotatable bonds is 4. The summed E-state index contributed by atoms with van der Waals surface area (Å²) in [6.07, 6.45) is 0.880. The van der Waals surface area contributed by atoms with E-state index in [1.54, 1.807) is 12.1 Å². The van der Waals surface area contributed by atoms with E-state index in [-0.39, 0.29) is 17.5 Å². The Kier molecular flexibility index (Phi) is 3.86. The Morgan fingerprint density at radius 2 is 2.00 bits per heavy atom. The molecule has 0 aliphatic carbocycles. The Hall–Kier alpha value is -2.69. The van der Waals surface area contributed by atoms with Crippen molar-refractivity contribution >= 4 is 17.1 Å². The summed E-state index contributed by atoms with van der Waals surface area (Å²) in [6, 6.07) is 9.38. The maximum absolute atomic E-state index is 13.1. The first kappa shape index (κ1) is 15.2. The number of aromatic nitrogens is 1. The third-order valence-electron chi connectivity index (χ3n) is 4.00. The van der Waals surface area contributed by atoms with Crippen LogP contribution in [0.5, 0.6) is 0 Å². The van der Waals surface area contributed by atoms with Crippen molar-refractivity contribution in [3.05, 3.63) is 53.5 Å². The van der Waals surface area contributed by atoms with Crippen molar-refractivity contribution in [2.24, 2.45) is 0 Å². The van der Waals surface area contributed by atoms with E-state index in [0.29, 0.717) is 16.8 Å². The molecule has 1 N–H and O–H groups in total. The molecule has 0 saturated heterocycles. The minimum absolute atomic E-state index is 0.131. The van der Waals surface area contributed by atoms with Crippen LogP contribution in [0.3, 0.4) is 0 Å². The second-order valence-electron chi connectivity index (χ2n) is 5.54. The van der Waals surface area contributed by atoms with Crippen molar-refractivity contribution in [1.29, 1.82) is 0 Å². The van der Waals surface area contributed by atoms with Gasteiger partial charge in [0.2, 0.25) is 5.76 Å². The van der Waals surface area contributed by atoms with Crippen molar-refractivity contribution < 1.29 is 18.7 Å². The number of halogens is 1. The summed E-state index contributed by atoms with van der Waals surface area (Å²) >= 11 is 0. The van der Waals surface area contributed by atoms with Crippen LogP contribution in [-0.4, -0.2) is 16.1 Å². The zero-order valence-corrected chi connectivity index (χ0v) is 12.8. The lowest BCUT2D eigenvalue weighted by Gasteiger charge is -2.11. The maximum Gasteiger partial charge on any atom is 0.371 e. The molecule has 0 aliphatic heterocycles. The Balaban J connectivity index is 2.23. The summed E-state index contributed by atoms with van der Waals surface area (Å²) in [7, 11) is 0. The molecule has 1 unspecified atom stereocenters. The zero-order valence-electron chi connectivity index (χ0n) is 12.8. The Morgan fingerprint density at radius 1 is 1.30 bits per heavy atom. The normalized spacial score (nSPS) is 12.5. The zero-order chi connectivity index (χ0) is 16.6. The van der Waals surface area contributed by atoms with E-state index in [1.165, 1.54) is 18.2 Å². The number of pyridine rings is 1. The van der Waals surface area contributed by atoms with E-state index >= 15 is 0 Å². The van der Waals surface area contributed by atoms with Crippen molar-refractivity contribution in [1.82, 2.24) is 4.98 Å². The molecular formula is C18H16FNO3. The van der Waals surface area contributed by atoms with Crippen LogP contribution in [-0.2, 0) is 0 Å². The van der Waals surface area contributed by atoms with Gasteiger partial charge in [-0.1, -0.05) is 13.8 Å². The number of fused-ring (bicyclic) bond motifs is 1. The smallest absolute Gasteiger partial charge is 0.371 e. The van der Waals surface area contributed by atoms with Crippen LogP contribution in [0.15, 0.2) is 40.8 Å². The van der Waals surface area contributed by atoms with Crippen LogP contribution in [0, 0.1) is 5.82 Å². The topological polar surface area (TPSA) is 63.3 Å². The Morgan fingerprint density at radius 3 is 2.61 bits per heavy atom. The lowest BCUT2D eigenvalue weighted by atomic mass is 9.96. The molecule has 0 radical (unpaired) electrons. The molecule has 0 amide bonds. The second-order valence-corrected chi connectivity index (χ2v) is 5.54.